The molecule has 1 aliphatic rings. The van der Waals surface area contributed by atoms with Gasteiger partial charge in [0.1, 0.15) is 0 Å². The molecule has 0 aromatic heterocycles. The van der Waals surface area contributed by atoms with Gasteiger partial charge < -0.3 is 0 Å². The summed E-state index contributed by atoms with van der Waals surface area (Å²) in [4.78, 5) is 30.8. The molecule has 9 heteroatoms. The van der Waals surface area contributed by atoms with Crippen LogP contribution in [-0.2, 0) is 11.5 Å². The predicted molar refractivity (Wildman–Crippen MR) is 125 cm³/mol. The zero-order valence-electron chi connectivity index (χ0n) is 17.5. The molecule has 4 amide bonds. The van der Waals surface area contributed by atoms with Crippen molar-refractivity contribution in [3.63, 3.8) is 0 Å². The number of hydrogen-bond acceptors (Lipinski definition) is 2. The van der Waals surface area contributed by atoms with Crippen LogP contribution in [0.25, 0.3) is 0 Å². The highest BCUT2D eigenvalue weighted by Gasteiger charge is 2.41. The molecule has 3 aromatic rings. The number of hydrogen-bond donors (Lipinski definition) is 0. The summed E-state index contributed by atoms with van der Waals surface area (Å²) in [5.41, 5.74) is 0.893. The minimum atomic E-state index is -4.61. The van der Waals surface area contributed by atoms with Crippen LogP contribution in [0.2, 0.25) is 0 Å². The number of halogens is 4. The molecule has 0 bridgehead atoms. The lowest BCUT2D eigenvalue weighted by molar-refractivity contribution is -0.137. The number of fused-ring (bicyclic) bond motifs is 1. The van der Waals surface area contributed by atoms with Crippen molar-refractivity contribution in [3.05, 3.63) is 83.9 Å². The Labute approximate surface area is 197 Å². The fourth-order valence-electron chi connectivity index (χ4n) is 3.70. The van der Waals surface area contributed by atoms with Crippen LogP contribution in [0.4, 0.5) is 45.5 Å². The van der Waals surface area contributed by atoms with Gasteiger partial charge in [-0.15, -0.1) is 0 Å². The molecule has 170 valence electrons. The van der Waals surface area contributed by atoms with Gasteiger partial charge in [-0.2, -0.15) is 13.2 Å². The first-order valence-corrected chi connectivity index (χ1v) is 11.2. The molecule has 1 aliphatic heterocycles. The second-order valence-electron chi connectivity index (χ2n) is 7.32. The quantitative estimate of drug-likeness (QED) is 0.340. The standard InChI is InChI=1S/C24H19BrF3N3O2/c1-2-29-20-13-10-17(24(26,27)28)14-21(20)30(18-6-4-3-5-7-18)23(33)31(22(29)32)19-11-8-16(15-25)9-12-19/h3-14H,2,15H2,1H3. The van der Waals surface area contributed by atoms with Crippen LogP contribution in [0, 0.1) is 0 Å². The molecular formula is C24H19BrF3N3O2. The maximum Gasteiger partial charge on any atom is 0.416 e. The maximum atomic E-state index is 13.8. The van der Waals surface area contributed by atoms with Crippen LogP contribution in [-0.4, -0.2) is 18.6 Å². The van der Waals surface area contributed by atoms with Crippen molar-refractivity contribution >= 4 is 50.7 Å². The van der Waals surface area contributed by atoms with Gasteiger partial charge in [-0.05, 0) is 55.0 Å². The van der Waals surface area contributed by atoms with E-state index < -0.39 is 23.8 Å². The molecule has 0 radical (unpaired) electrons. The van der Waals surface area contributed by atoms with E-state index in [1.54, 1.807) is 61.5 Å². The van der Waals surface area contributed by atoms with E-state index in [0.29, 0.717) is 16.7 Å². The first-order chi connectivity index (χ1) is 15.8. The Morgan fingerprint density at radius 2 is 1.42 bits per heavy atom. The lowest BCUT2D eigenvalue weighted by atomic mass is 10.1. The number of carbonyl (C=O) groups is 2. The second kappa shape index (κ2) is 8.90. The Bertz CT molecular complexity index is 1180. The van der Waals surface area contributed by atoms with Crippen LogP contribution >= 0.6 is 15.9 Å². The SMILES string of the molecule is CCN1C(=O)N(c2ccc(CBr)cc2)C(=O)N(c2ccccc2)c2cc(C(F)(F)F)ccc21. The summed E-state index contributed by atoms with van der Waals surface area (Å²) in [6.07, 6.45) is -4.61. The largest absolute Gasteiger partial charge is 0.416 e. The van der Waals surface area contributed by atoms with Crippen molar-refractivity contribution in [1.82, 2.24) is 0 Å². The highest BCUT2D eigenvalue weighted by molar-refractivity contribution is 9.08. The first-order valence-electron chi connectivity index (χ1n) is 10.1. The number of urea groups is 2. The third-order valence-corrected chi connectivity index (χ3v) is 5.97. The molecule has 0 N–H and O–H groups in total. The average molecular weight is 518 g/mol. The molecule has 0 atom stereocenters. The number of nitrogens with zero attached hydrogens (tertiary/aromatic N) is 3. The molecule has 5 nitrogen and oxygen atoms in total. The number of amides is 4. The van der Waals surface area contributed by atoms with Crippen LogP contribution in [0.5, 0.6) is 0 Å². The molecule has 0 unspecified atom stereocenters. The number of benzene rings is 3. The van der Waals surface area contributed by atoms with Crippen molar-refractivity contribution < 1.29 is 22.8 Å². The van der Waals surface area contributed by atoms with Crippen molar-refractivity contribution in [2.45, 2.75) is 18.4 Å². The lowest BCUT2D eigenvalue weighted by Crippen LogP contribution is -2.48. The Morgan fingerprint density at radius 3 is 2.00 bits per heavy atom. The highest BCUT2D eigenvalue weighted by Crippen LogP contribution is 2.43. The van der Waals surface area contributed by atoms with E-state index in [2.05, 4.69) is 15.9 Å². The highest BCUT2D eigenvalue weighted by atomic mass is 79.9. The molecule has 3 aromatic carbocycles. The van der Waals surface area contributed by atoms with Gasteiger partial charge >= 0.3 is 18.2 Å². The summed E-state index contributed by atoms with van der Waals surface area (Å²) < 4.78 is 40.7. The summed E-state index contributed by atoms with van der Waals surface area (Å²) in [5.74, 6) is 0. The van der Waals surface area contributed by atoms with E-state index in [-0.39, 0.29) is 17.9 Å². The molecule has 0 spiro atoms. The van der Waals surface area contributed by atoms with Gasteiger partial charge in [-0.1, -0.05) is 46.3 Å². The molecule has 33 heavy (non-hydrogen) atoms. The van der Waals surface area contributed by atoms with E-state index in [1.165, 1.54) is 11.0 Å². The molecule has 0 fully saturated rings. The van der Waals surface area contributed by atoms with E-state index in [4.69, 9.17) is 0 Å². The molecule has 0 saturated heterocycles. The molecule has 4 rings (SSSR count). The Balaban J connectivity index is 1.97. The number of anilines is 4. The number of carbonyl (C=O) groups excluding carboxylic acids is 2. The first kappa shape index (κ1) is 22.8. The third kappa shape index (κ3) is 4.20. The summed E-state index contributed by atoms with van der Waals surface area (Å²) in [7, 11) is 0. The van der Waals surface area contributed by atoms with Crippen LogP contribution in [0.3, 0.4) is 0 Å². The van der Waals surface area contributed by atoms with Gasteiger partial charge in [0.15, 0.2) is 0 Å². The Hall–Kier alpha value is -3.33. The van der Waals surface area contributed by atoms with Crippen molar-refractivity contribution in [2.24, 2.45) is 0 Å². The zero-order chi connectivity index (χ0) is 23.8. The monoisotopic (exact) mass is 517 g/mol. The topological polar surface area (TPSA) is 43.9 Å². The van der Waals surface area contributed by atoms with E-state index in [1.807, 2.05) is 0 Å². The van der Waals surface area contributed by atoms with E-state index in [0.717, 1.165) is 27.5 Å². The summed E-state index contributed by atoms with van der Waals surface area (Å²) >= 11 is 3.36. The summed E-state index contributed by atoms with van der Waals surface area (Å²) in [6.45, 7) is 1.86. The minimum Gasteiger partial charge on any atom is -0.292 e. The van der Waals surface area contributed by atoms with Gasteiger partial charge in [0.05, 0.1) is 28.3 Å². The number of rotatable bonds is 4. The Kier molecular flexibility index (Phi) is 6.16. The fourth-order valence-corrected chi connectivity index (χ4v) is 4.08. The smallest absolute Gasteiger partial charge is 0.292 e. The summed E-state index contributed by atoms with van der Waals surface area (Å²) in [5, 5.41) is 0.595. The summed E-state index contributed by atoms with van der Waals surface area (Å²) in [6, 6.07) is 16.8. The van der Waals surface area contributed by atoms with Gasteiger partial charge in [-0.25, -0.2) is 14.5 Å². The average Bonchev–Trinajstić information content (AvgIpc) is 2.90. The van der Waals surface area contributed by atoms with Crippen molar-refractivity contribution in [3.8, 4) is 0 Å². The zero-order valence-corrected chi connectivity index (χ0v) is 19.1. The van der Waals surface area contributed by atoms with Crippen LogP contribution < -0.4 is 14.7 Å². The van der Waals surface area contributed by atoms with Gasteiger partial charge in [0.25, 0.3) is 0 Å². The predicted octanol–water partition coefficient (Wildman–Crippen LogP) is 7.32. The van der Waals surface area contributed by atoms with E-state index in [9.17, 15) is 22.8 Å². The second-order valence-corrected chi connectivity index (χ2v) is 7.88. The lowest BCUT2D eigenvalue weighted by Gasteiger charge is -2.27. The van der Waals surface area contributed by atoms with Gasteiger partial charge in [-0.3, -0.25) is 9.80 Å². The van der Waals surface area contributed by atoms with E-state index >= 15 is 0 Å². The molecule has 0 aliphatic carbocycles. The van der Waals surface area contributed by atoms with Gasteiger partial charge in [0, 0.05) is 11.9 Å². The third-order valence-electron chi connectivity index (χ3n) is 5.32. The van der Waals surface area contributed by atoms with Crippen LogP contribution in [0.1, 0.15) is 18.1 Å². The molecule has 1 heterocycles. The van der Waals surface area contributed by atoms with Crippen molar-refractivity contribution in [2.75, 3.05) is 21.2 Å². The van der Waals surface area contributed by atoms with Gasteiger partial charge in [0.2, 0.25) is 0 Å². The van der Waals surface area contributed by atoms with Crippen LogP contribution in [0.15, 0.2) is 72.8 Å². The number of alkyl halides is 4. The number of imide groups is 1. The number of para-hydroxylation sites is 1. The molecular weight excluding hydrogens is 499 g/mol. The fraction of sp³-hybridized carbons (Fsp3) is 0.167. The normalized spacial score (nSPS) is 14.4. The minimum absolute atomic E-state index is 0.0178. The maximum absolute atomic E-state index is 13.8. The molecule has 0 saturated carbocycles. The van der Waals surface area contributed by atoms with Crippen molar-refractivity contribution in [1.29, 1.82) is 0 Å². The Morgan fingerprint density at radius 1 is 0.788 bits per heavy atom.